The molecular weight excluding hydrogens is 198 g/mol. The van der Waals surface area contributed by atoms with E-state index in [0.717, 1.165) is 17.2 Å². The lowest BCUT2D eigenvalue weighted by molar-refractivity contribution is 0.183. The Labute approximate surface area is 88.5 Å². The average molecular weight is 215 g/mol. The van der Waals surface area contributed by atoms with Crippen LogP contribution in [0.2, 0.25) is 0 Å². The molecule has 0 amide bonds. The molecule has 0 saturated heterocycles. The van der Waals surface area contributed by atoms with Crippen molar-refractivity contribution in [2.75, 3.05) is 25.6 Å². The molecule has 1 atom stereocenters. The molecule has 1 heterocycles. The monoisotopic (exact) mass is 215 g/mol. The average Bonchev–Trinajstić information content (AvgIpc) is 2.52. The van der Waals surface area contributed by atoms with Gasteiger partial charge in [-0.15, -0.1) is 11.3 Å². The van der Waals surface area contributed by atoms with E-state index >= 15 is 0 Å². The van der Waals surface area contributed by atoms with Crippen LogP contribution in [-0.2, 0) is 4.74 Å². The van der Waals surface area contributed by atoms with Gasteiger partial charge >= 0.3 is 0 Å². The van der Waals surface area contributed by atoms with E-state index in [0.29, 0.717) is 13.2 Å². The number of thiazole rings is 1. The number of nitrogens with one attached hydrogen (secondary N) is 1. The van der Waals surface area contributed by atoms with E-state index in [1.54, 1.807) is 18.4 Å². The number of aryl methyl sites for hydroxylation is 1. The van der Waals surface area contributed by atoms with Crippen molar-refractivity contribution in [1.82, 2.24) is 4.98 Å². The van der Waals surface area contributed by atoms with E-state index < -0.39 is 0 Å². The SMILES string of the molecule is COCC(CCN)Nc1nc(C)cs1. The molecule has 0 bridgehead atoms. The highest BCUT2D eigenvalue weighted by Gasteiger charge is 2.08. The zero-order chi connectivity index (χ0) is 10.4. The normalized spacial score (nSPS) is 12.8. The summed E-state index contributed by atoms with van der Waals surface area (Å²) in [5.41, 5.74) is 6.55. The van der Waals surface area contributed by atoms with Gasteiger partial charge in [0.05, 0.1) is 18.3 Å². The number of aromatic nitrogens is 1. The molecule has 0 saturated carbocycles. The maximum Gasteiger partial charge on any atom is 0.183 e. The summed E-state index contributed by atoms with van der Waals surface area (Å²) in [7, 11) is 1.69. The van der Waals surface area contributed by atoms with Crippen LogP contribution in [0.15, 0.2) is 5.38 Å². The van der Waals surface area contributed by atoms with Crippen LogP contribution < -0.4 is 11.1 Å². The number of nitrogens with zero attached hydrogens (tertiary/aromatic N) is 1. The summed E-state index contributed by atoms with van der Waals surface area (Å²) in [6.45, 7) is 3.30. The van der Waals surface area contributed by atoms with Crippen molar-refractivity contribution in [1.29, 1.82) is 0 Å². The van der Waals surface area contributed by atoms with Gasteiger partial charge in [0.15, 0.2) is 5.13 Å². The van der Waals surface area contributed by atoms with E-state index in [1.165, 1.54) is 0 Å². The Balaban J connectivity index is 2.46. The van der Waals surface area contributed by atoms with Crippen molar-refractivity contribution in [2.24, 2.45) is 5.73 Å². The van der Waals surface area contributed by atoms with E-state index in [-0.39, 0.29) is 6.04 Å². The predicted molar refractivity (Wildman–Crippen MR) is 59.8 cm³/mol. The van der Waals surface area contributed by atoms with Gasteiger partial charge in [0.25, 0.3) is 0 Å². The van der Waals surface area contributed by atoms with E-state index in [4.69, 9.17) is 10.5 Å². The van der Waals surface area contributed by atoms with Gasteiger partial charge in [-0.3, -0.25) is 0 Å². The number of ether oxygens (including phenoxy) is 1. The number of hydrogen-bond acceptors (Lipinski definition) is 5. The summed E-state index contributed by atoms with van der Waals surface area (Å²) in [4.78, 5) is 4.33. The Morgan fingerprint density at radius 2 is 2.50 bits per heavy atom. The van der Waals surface area contributed by atoms with E-state index in [1.807, 2.05) is 12.3 Å². The van der Waals surface area contributed by atoms with Crippen molar-refractivity contribution in [3.05, 3.63) is 11.1 Å². The highest BCUT2D eigenvalue weighted by molar-refractivity contribution is 7.13. The van der Waals surface area contributed by atoms with Crippen LogP contribution in [0.4, 0.5) is 5.13 Å². The van der Waals surface area contributed by atoms with Crippen LogP contribution in [-0.4, -0.2) is 31.3 Å². The van der Waals surface area contributed by atoms with Crippen molar-refractivity contribution in [3.63, 3.8) is 0 Å². The molecule has 4 nitrogen and oxygen atoms in total. The molecule has 0 aliphatic rings. The maximum atomic E-state index is 5.51. The smallest absolute Gasteiger partial charge is 0.183 e. The standard InChI is InChI=1S/C9H17N3OS/c1-7-6-14-9(11-7)12-8(3-4-10)5-13-2/h6,8H,3-5,10H2,1-2H3,(H,11,12). The molecule has 0 aromatic carbocycles. The summed E-state index contributed by atoms with van der Waals surface area (Å²) < 4.78 is 5.09. The van der Waals surface area contributed by atoms with Crippen molar-refractivity contribution >= 4 is 16.5 Å². The predicted octanol–water partition coefficient (Wildman–Crippen LogP) is 1.23. The highest BCUT2D eigenvalue weighted by Crippen LogP contribution is 2.16. The van der Waals surface area contributed by atoms with Gasteiger partial charge in [-0.25, -0.2) is 4.98 Å². The Bertz CT molecular complexity index is 258. The fourth-order valence-corrected chi connectivity index (χ4v) is 1.96. The Morgan fingerprint density at radius 3 is 3.00 bits per heavy atom. The minimum atomic E-state index is 0.260. The first-order valence-electron chi connectivity index (χ1n) is 4.64. The number of hydrogen-bond donors (Lipinski definition) is 2. The van der Waals surface area contributed by atoms with E-state index in [2.05, 4.69) is 10.3 Å². The first-order valence-corrected chi connectivity index (χ1v) is 5.52. The van der Waals surface area contributed by atoms with Gasteiger partial charge in [0.1, 0.15) is 0 Å². The number of methoxy groups -OCH3 is 1. The van der Waals surface area contributed by atoms with Gasteiger partial charge in [0.2, 0.25) is 0 Å². The molecule has 3 N–H and O–H groups in total. The molecule has 0 fully saturated rings. The zero-order valence-corrected chi connectivity index (χ0v) is 9.43. The summed E-state index contributed by atoms with van der Waals surface area (Å²) in [6, 6.07) is 0.260. The molecule has 80 valence electrons. The molecule has 1 unspecified atom stereocenters. The van der Waals surface area contributed by atoms with Gasteiger partial charge in [0, 0.05) is 12.5 Å². The first-order chi connectivity index (χ1) is 6.76. The highest BCUT2D eigenvalue weighted by atomic mass is 32.1. The Morgan fingerprint density at radius 1 is 1.71 bits per heavy atom. The summed E-state index contributed by atoms with van der Waals surface area (Å²) in [5, 5.41) is 6.27. The van der Waals surface area contributed by atoms with Crippen molar-refractivity contribution < 1.29 is 4.74 Å². The van der Waals surface area contributed by atoms with Gasteiger partial charge in [-0.1, -0.05) is 0 Å². The topological polar surface area (TPSA) is 60.2 Å². The lowest BCUT2D eigenvalue weighted by atomic mass is 10.2. The van der Waals surface area contributed by atoms with Crippen LogP contribution in [0.5, 0.6) is 0 Å². The van der Waals surface area contributed by atoms with E-state index in [9.17, 15) is 0 Å². The molecule has 0 spiro atoms. The molecular formula is C9H17N3OS. The third-order valence-corrected chi connectivity index (χ3v) is 2.72. The van der Waals surface area contributed by atoms with Gasteiger partial charge < -0.3 is 15.8 Å². The third kappa shape index (κ3) is 3.61. The first kappa shape index (κ1) is 11.4. The molecule has 1 aromatic heterocycles. The fourth-order valence-electron chi connectivity index (χ4n) is 1.19. The quantitative estimate of drug-likeness (QED) is 0.749. The van der Waals surface area contributed by atoms with Crippen LogP contribution in [0.3, 0.4) is 0 Å². The van der Waals surface area contributed by atoms with Crippen molar-refractivity contribution in [2.45, 2.75) is 19.4 Å². The Hall–Kier alpha value is -0.650. The lowest BCUT2D eigenvalue weighted by Crippen LogP contribution is -2.27. The minimum Gasteiger partial charge on any atom is -0.383 e. The molecule has 1 aromatic rings. The van der Waals surface area contributed by atoms with Gasteiger partial charge in [-0.05, 0) is 19.9 Å². The second-order valence-electron chi connectivity index (χ2n) is 3.17. The molecule has 0 aliphatic heterocycles. The lowest BCUT2D eigenvalue weighted by Gasteiger charge is -2.15. The molecule has 0 aliphatic carbocycles. The molecule has 14 heavy (non-hydrogen) atoms. The number of nitrogens with two attached hydrogens (primary N) is 1. The summed E-state index contributed by atoms with van der Waals surface area (Å²) in [6.07, 6.45) is 0.895. The second kappa shape index (κ2) is 5.95. The van der Waals surface area contributed by atoms with Gasteiger partial charge in [-0.2, -0.15) is 0 Å². The summed E-state index contributed by atoms with van der Waals surface area (Å²) >= 11 is 1.61. The summed E-state index contributed by atoms with van der Waals surface area (Å²) in [5.74, 6) is 0. The van der Waals surface area contributed by atoms with Crippen LogP contribution in [0.1, 0.15) is 12.1 Å². The van der Waals surface area contributed by atoms with Crippen LogP contribution >= 0.6 is 11.3 Å². The molecule has 1 rings (SSSR count). The maximum absolute atomic E-state index is 5.51. The third-order valence-electron chi connectivity index (χ3n) is 1.83. The fraction of sp³-hybridized carbons (Fsp3) is 0.667. The number of anilines is 1. The van der Waals surface area contributed by atoms with Crippen LogP contribution in [0.25, 0.3) is 0 Å². The molecule has 5 heteroatoms. The largest absolute Gasteiger partial charge is 0.383 e. The minimum absolute atomic E-state index is 0.260. The number of rotatable bonds is 6. The van der Waals surface area contributed by atoms with Crippen molar-refractivity contribution in [3.8, 4) is 0 Å². The second-order valence-corrected chi connectivity index (χ2v) is 4.03. The Kier molecular flexibility index (Phi) is 4.86. The zero-order valence-electron chi connectivity index (χ0n) is 8.62. The molecule has 0 radical (unpaired) electrons. The van der Waals surface area contributed by atoms with Crippen LogP contribution in [0, 0.1) is 6.92 Å².